The van der Waals surface area contributed by atoms with Crippen LogP contribution in [0.15, 0.2) is 12.1 Å². The van der Waals surface area contributed by atoms with Gasteiger partial charge in [-0.1, -0.05) is 0 Å². The molecule has 0 bridgehead atoms. The van der Waals surface area contributed by atoms with Gasteiger partial charge in [-0.3, -0.25) is 19.7 Å². The Hall–Kier alpha value is -2.85. The van der Waals surface area contributed by atoms with Gasteiger partial charge in [0, 0.05) is 20.2 Å². The van der Waals surface area contributed by atoms with Gasteiger partial charge in [-0.15, -0.1) is 0 Å². The number of phenolic OH excluding ortho intramolecular Hbond substituents is 1. The van der Waals surface area contributed by atoms with Crippen LogP contribution in [0.25, 0.3) is 0 Å². The smallest absolute Gasteiger partial charge is 0.471 e. The summed E-state index contributed by atoms with van der Waals surface area (Å²) in [4.78, 5) is 33.3. The highest BCUT2D eigenvalue weighted by Crippen LogP contribution is 2.36. The van der Waals surface area contributed by atoms with E-state index in [1.165, 1.54) is 19.4 Å². The predicted molar refractivity (Wildman–Crippen MR) is 67.5 cm³/mol. The predicted octanol–water partition coefficient (Wildman–Crippen LogP) is 1.50. The summed E-state index contributed by atoms with van der Waals surface area (Å²) < 4.78 is 36.6. The van der Waals surface area contributed by atoms with Gasteiger partial charge in [0.05, 0.1) is 10.5 Å². The Kier molecular flexibility index (Phi) is 4.59. The van der Waals surface area contributed by atoms with E-state index in [2.05, 4.69) is 0 Å². The zero-order valence-electron chi connectivity index (χ0n) is 11.3. The summed E-state index contributed by atoms with van der Waals surface area (Å²) in [6, 6.07) is 1.38. The van der Waals surface area contributed by atoms with Crippen LogP contribution in [-0.2, 0) is 4.79 Å². The first-order chi connectivity index (χ1) is 9.95. The number of aromatic hydroxyl groups is 1. The van der Waals surface area contributed by atoms with Crippen molar-refractivity contribution in [2.24, 2.45) is 0 Å². The van der Waals surface area contributed by atoms with Crippen LogP contribution in [0.1, 0.15) is 10.4 Å². The van der Waals surface area contributed by atoms with E-state index in [1.807, 2.05) is 0 Å². The molecule has 11 heteroatoms. The first-order valence-electron chi connectivity index (χ1n) is 5.56. The summed E-state index contributed by atoms with van der Waals surface area (Å²) in [6.07, 6.45) is -5.29. The van der Waals surface area contributed by atoms with Gasteiger partial charge in [0.1, 0.15) is 5.75 Å². The number of carbonyl (C=O) groups excluding carboxylic acids is 2. The van der Waals surface area contributed by atoms with Gasteiger partial charge in [-0.05, 0) is 6.07 Å². The summed E-state index contributed by atoms with van der Waals surface area (Å²) in [5, 5.41) is 21.7. The maximum Gasteiger partial charge on any atom is 0.471 e. The lowest BCUT2D eigenvalue weighted by atomic mass is 10.1. The van der Waals surface area contributed by atoms with Crippen LogP contribution in [0.3, 0.4) is 0 Å². The zero-order chi connectivity index (χ0) is 17.2. The molecule has 0 atom stereocenters. The standard InChI is InChI=1S/C11H10F3N3O5/c1-16(2)9(19)5-3-6(17(21)22)8(7(18)4-5)15-10(20)11(12,13)14/h3-4,18H,1-2H3,(H,15,20). The fourth-order valence-electron chi connectivity index (χ4n) is 1.45. The number of amides is 2. The normalized spacial score (nSPS) is 11.0. The highest BCUT2D eigenvalue weighted by molar-refractivity contribution is 6.01. The third-order valence-electron chi connectivity index (χ3n) is 2.44. The molecule has 0 aliphatic carbocycles. The number of anilines is 1. The zero-order valence-corrected chi connectivity index (χ0v) is 11.3. The molecule has 0 aliphatic rings. The van der Waals surface area contributed by atoms with E-state index < -0.39 is 40.0 Å². The Balaban J connectivity index is 3.38. The Morgan fingerprint density at radius 2 is 1.86 bits per heavy atom. The molecule has 1 rings (SSSR count). The van der Waals surface area contributed by atoms with E-state index in [0.29, 0.717) is 6.07 Å². The van der Waals surface area contributed by atoms with Gasteiger partial charge in [-0.2, -0.15) is 13.2 Å². The molecule has 2 amide bonds. The summed E-state index contributed by atoms with van der Waals surface area (Å²) in [7, 11) is 2.68. The number of hydrogen-bond acceptors (Lipinski definition) is 5. The average molecular weight is 321 g/mol. The Labute approximate surface area is 121 Å². The molecule has 0 unspecified atom stereocenters. The lowest BCUT2D eigenvalue weighted by Crippen LogP contribution is -2.30. The third kappa shape index (κ3) is 3.62. The minimum absolute atomic E-state index is 0.320. The van der Waals surface area contributed by atoms with Gasteiger partial charge in [0.25, 0.3) is 11.6 Å². The quantitative estimate of drug-likeness (QED) is 0.498. The van der Waals surface area contributed by atoms with E-state index in [0.717, 1.165) is 11.0 Å². The number of alkyl halides is 3. The fraction of sp³-hybridized carbons (Fsp3) is 0.273. The summed E-state index contributed by atoms with van der Waals surface area (Å²) in [5.41, 5.74) is -2.40. The molecule has 8 nitrogen and oxygen atoms in total. The molecule has 22 heavy (non-hydrogen) atoms. The molecule has 0 fully saturated rings. The summed E-state index contributed by atoms with van der Waals surface area (Å²) in [6.45, 7) is 0. The molecule has 0 aliphatic heterocycles. The fourth-order valence-corrected chi connectivity index (χ4v) is 1.45. The minimum Gasteiger partial charge on any atom is -0.505 e. The van der Waals surface area contributed by atoms with Crippen molar-refractivity contribution in [2.75, 3.05) is 19.4 Å². The molecule has 0 aromatic heterocycles. The molecule has 2 N–H and O–H groups in total. The second kappa shape index (κ2) is 5.87. The van der Waals surface area contributed by atoms with Crippen molar-refractivity contribution in [3.05, 3.63) is 27.8 Å². The Morgan fingerprint density at radius 1 is 1.32 bits per heavy atom. The van der Waals surface area contributed by atoms with E-state index in [9.17, 15) is 38.0 Å². The number of benzene rings is 1. The molecule has 0 saturated heterocycles. The maximum atomic E-state index is 12.2. The van der Waals surface area contributed by atoms with Crippen LogP contribution in [0.4, 0.5) is 24.5 Å². The number of nitrogens with one attached hydrogen (secondary N) is 1. The van der Waals surface area contributed by atoms with Crippen molar-refractivity contribution in [2.45, 2.75) is 6.18 Å². The van der Waals surface area contributed by atoms with Gasteiger partial charge in [0.2, 0.25) is 0 Å². The van der Waals surface area contributed by atoms with E-state index in [4.69, 9.17) is 0 Å². The first kappa shape index (κ1) is 17.2. The number of halogens is 3. The molecule has 1 aromatic carbocycles. The lowest BCUT2D eigenvalue weighted by molar-refractivity contribution is -0.384. The van der Waals surface area contributed by atoms with E-state index >= 15 is 0 Å². The number of hydrogen-bond donors (Lipinski definition) is 2. The second-order valence-corrected chi connectivity index (χ2v) is 4.30. The number of carbonyl (C=O) groups is 2. The molecule has 0 saturated carbocycles. The highest BCUT2D eigenvalue weighted by atomic mass is 19.4. The molecule has 120 valence electrons. The highest BCUT2D eigenvalue weighted by Gasteiger charge is 2.40. The van der Waals surface area contributed by atoms with Crippen LogP contribution in [0.2, 0.25) is 0 Å². The van der Waals surface area contributed by atoms with Crippen molar-refractivity contribution >= 4 is 23.2 Å². The number of nitrogens with zero attached hydrogens (tertiary/aromatic N) is 2. The Morgan fingerprint density at radius 3 is 2.27 bits per heavy atom. The average Bonchev–Trinajstić information content (AvgIpc) is 2.37. The molecular weight excluding hydrogens is 311 g/mol. The molecule has 0 heterocycles. The molecular formula is C11H10F3N3O5. The van der Waals surface area contributed by atoms with Gasteiger partial charge < -0.3 is 15.3 Å². The third-order valence-corrected chi connectivity index (χ3v) is 2.44. The monoisotopic (exact) mass is 321 g/mol. The molecule has 1 aromatic rings. The van der Waals surface area contributed by atoms with Gasteiger partial charge in [-0.25, -0.2) is 0 Å². The van der Waals surface area contributed by atoms with Crippen molar-refractivity contribution in [3.63, 3.8) is 0 Å². The molecule has 0 spiro atoms. The van der Waals surface area contributed by atoms with Crippen LogP contribution in [0, 0.1) is 10.1 Å². The molecule has 0 radical (unpaired) electrons. The van der Waals surface area contributed by atoms with Gasteiger partial charge in [0.15, 0.2) is 5.69 Å². The largest absolute Gasteiger partial charge is 0.505 e. The van der Waals surface area contributed by atoms with Crippen LogP contribution in [-0.4, -0.2) is 47.0 Å². The van der Waals surface area contributed by atoms with Crippen LogP contribution < -0.4 is 5.32 Å². The van der Waals surface area contributed by atoms with Crippen molar-refractivity contribution in [3.8, 4) is 5.75 Å². The summed E-state index contributed by atoms with van der Waals surface area (Å²) in [5.74, 6) is -4.23. The number of rotatable bonds is 3. The minimum atomic E-state index is -5.29. The second-order valence-electron chi connectivity index (χ2n) is 4.30. The van der Waals surface area contributed by atoms with Gasteiger partial charge >= 0.3 is 12.1 Å². The topological polar surface area (TPSA) is 113 Å². The Bertz CT molecular complexity index is 643. The van der Waals surface area contributed by atoms with Crippen molar-refractivity contribution < 1.29 is 32.8 Å². The van der Waals surface area contributed by atoms with E-state index in [1.54, 1.807) is 0 Å². The number of nitro benzene ring substituents is 1. The van der Waals surface area contributed by atoms with Crippen molar-refractivity contribution in [1.82, 2.24) is 4.90 Å². The van der Waals surface area contributed by atoms with E-state index in [-0.39, 0.29) is 5.56 Å². The summed E-state index contributed by atoms with van der Waals surface area (Å²) >= 11 is 0. The van der Waals surface area contributed by atoms with Crippen LogP contribution >= 0.6 is 0 Å². The first-order valence-corrected chi connectivity index (χ1v) is 5.56. The lowest BCUT2D eigenvalue weighted by Gasteiger charge is -2.13. The number of phenols is 1. The van der Waals surface area contributed by atoms with Crippen molar-refractivity contribution in [1.29, 1.82) is 0 Å². The van der Waals surface area contributed by atoms with Crippen LogP contribution in [0.5, 0.6) is 5.75 Å². The number of nitro groups is 1. The SMILES string of the molecule is CN(C)C(=O)c1cc(O)c(NC(=O)C(F)(F)F)c([N+](=O)[O-])c1. The maximum absolute atomic E-state index is 12.2.